The van der Waals surface area contributed by atoms with E-state index in [2.05, 4.69) is 59.5 Å². The zero-order valence-electron chi connectivity index (χ0n) is 20.5. The Balaban J connectivity index is 1.25. The van der Waals surface area contributed by atoms with Gasteiger partial charge in [-0.05, 0) is 50.4 Å². The minimum atomic E-state index is 0.0406. The fourth-order valence-electron chi connectivity index (χ4n) is 5.63. The van der Waals surface area contributed by atoms with Crippen LogP contribution in [-0.2, 0) is 4.74 Å². The van der Waals surface area contributed by atoms with Crippen LogP contribution >= 0.6 is 0 Å². The molecular weight excluding hydrogens is 428 g/mol. The summed E-state index contributed by atoms with van der Waals surface area (Å²) in [6, 6.07) is 11.2. The van der Waals surface area contributed by atoms with Crippen LogP contribution in [0, 0.1) is 12.8 Å². The standard InChI is InChI=1S/C26H36N6O2/c1-18-28-24(19-4-6-21(7-5-19)30(2)3)15-25(29-18)23-17-32-9-8-20(23)14-22(32)16-27-26(33)31-10-12-34-13-11-31/h4-7,15,20,22-23H,8-14,16-17H2,1-3H3,(H,27,33). The van der Waals surface area contributed by atoms with E-state index in [4.69, 9.17) is 14.7 Å². The van der Waals surface area contributed by atoms with Crippen molar-refractivity contribution in [1.82, 2.24) is 25.1 Å². The molecule has 2 aromatic rings. The number of rotatable bonds is 5. The number of carbonyl (C=O) groups excluding carboxylic acids is 1. The lowest BCUT2D eigenvalue weighted by Crippen LogP contribution is -2.57. The smallest absolute Gasteiger partial charge is 0.317 e. The van der Waals surface area contributed by atoms with Crippen LogP contribution in [0.5, 0.6) is 0 Å². The minimum Gasteiger partial charge on any atom is -0.378 e. The average molecular weight is 465 g/mol. The molecular formula is C26H36N6O2. The molecule has 2 bridgehead atoms. The van der Waals surface area contributed by atoms with Crippen LogP contribution < -0.4 is 10.2 Å². The minimum absolute atomic E-state index is 0.0406. The number of hydrogen-bond donors (Lipinski definition) is 1. The summed E-state index contributed by atoms with van der Waals surface area (Å²) in [4.78, 5) is 28.7. The SMILES string of the molecule is Cc1nc(-c2ccc(N(C)C)cc2)cc(C2CN3CCC2CC3CNC(=O)N2CCOCC2)n1. The maximum atomic E-state index is 12.5. The molecule has 4 aliphatic heterocycles. The number of nitrogens with one attached hydrogen (secondary N) is 1. The summed E-state index contributed by atoms with van der Waals surface area (Å²) in [5.41, 5.74) is 4.46. The van der Waals surface area contributed by atoms with Crippen LogP contribution in [0.3, 0.4) is 0 Å². The number of fused-ring (bicyclic) bond motifs is 3. The van der Waals surface area contributed by atoms with Gasteiger partial charge in [0.05, 0.1) is 18.9 Å². The Labute approximate surface area is 202 Å². The summed E-state index contributed by atoms with van der Waals surface area (Å²) < 4.78 is 5.36. The number of nitrogens with zero attached hydrogens (tertiary/aromatic N) is 5. The van der Waals surface area contributed by atoms with Crippen molar-refractivity contribution in [3.63, 3.8) is 0 Å². The van der Waals surface area contributed by atoms with E-state index in [0.29, 0.717) is 50.7 Å². The molecule has 0 spiro atoms. The number of amides is 2. The highest BCUT2D eigenvalue weighted by molar-refractivity contribution is 5.74. The first-order valence-electron chi connectivity index (χ1n) is 12.5. The molecule has 0 saturated carbocycles. The predicted molar refractivity (Wildman–Crippen MR) is 133 cm³/mol. The Morgan fingerprint density at radius 3 is 2.59 bits per heavy atom. The molecule has 1 aromatic heterocycles. The second-order valence-corrected chi connectivity index (χ2v) is 9.99. The van der Waals surface area contributed by atoms with Gasteiger partial charge in [0.15, 0.2) is 0 Å². The normalized spacial score (nSPS) is 26.4. The van der Waals surface area contributed by atoms with Crippen LogP contribution in [0.25, 0.3) is 11.3 Å². The number of benzene rings is 1. The highest BCUT2D eigenvalue weighted by atomic mass is 16.5. The van der Waals surface area contributed by atoms with E-state index in [1.54, 1.807) is 0 Å². The summed E-state index contributed by atoms with van der Waals surface area (Å²) in [6.07, 6.45) is 2.29. The van der Waals surface area contributed by atoms with E-state index in [1.165, 1.54) is 12.1 Å². The Morgan fingerprint density at radius 2 is 1.91 bits per heavy atom. The van der Waals surface area contributed by atoms with Gasteiger partial charge in [0.2, 0.25) is 0 Å². The van der Waals surface area contributed by atoms with Gasteiger partial charge in [-0.15, -0.1) is 0 Å². The van der Waals surface area contributed by atoms with Crippen molar-refractivity contribution >= 4 is 11.7 Å². The molecule has 182 valence electrons. The second-order valence-electron chi connectivity index (χ2n) is 9.99. The number of ether oxygens (including phenoxy) is 1. The fraction of sp³-hybridized carbons (Fsp3) is 0.577. The van der Waals surface area contributed by atoms with Gasteiger partial charge in [0.1, 0.15) is 5.82 Å². The number of aryl methyl sites for hydroxylation is 1. The van der Waals surface area contributed by atoms with E-state index >= 15 is 0 Å². The van der Waals surface area contributed by atoms with Crippen LogP contribution in [0.1, 0.15) is 30.3 Å². The summed E-state index contributed by atoms with van der Waals surface area (Å²) in [5, 5.41) is 3.17. The molecule has 1 N–H and O–H groups in total. The number of urea groups is 1. The largest absolute Gasteiger partial charge is 0.378 e. The highest BCUT2D eigenvalue weighted by Gasteiger charge is 2.41. The Hall–Kier alpha value is -2.71. The molecule has 0 aliphatic carbocycles. The lowest BCUT2D eigenvalue weighted by molar-refractivity contribution is 0.0274. The molecule has 5 heterocycles. The number of piperidine rings is 3. The molecule has 4 unspecified atom stereocenters. The van der Waals surface area contributed by atoms with Crippen molar-refractivity contribution in [2.24, 2.45) is 5.92 Å². The van der Waals surface area contributed by atoms with Crippen LogP contribution in [0.2, 0.25) is 0 Å². The zero-order chi connectivity index (χ0) is 23.7. The van der Waals surface area contributed by atoms with Gasteiger partial charge in [-0.3, -0.25) is 4.90 Å². The number of aromatic nitrogens is 2. The highest BCUT2D eigenvalue weighted by Crippen LogP contribution is 2.41. The maximum absolute atomic E-state index is 12.5. The van der Waals surface area contributed by atoms with E-state index in [0.717, 1.165) is 42.3 Å². The second kappa shape index (κ2) is 9.88. The van der Waals surface area contributed by atoms with Crippen molar-refractivity contribution in [2.45, 2.75) is 31.7 Å². The molecule has 2 amide bonds. The van der Waals surface area contributed by atoms with E-state index < -0.39 is 0 Å². The summed E-state index contributed by atoms with van der Waals surface area (Å²) in [5.74, 6) is 1.84. The number of anilines is 1. The van der Waals surface area contributed by atoms with Gasteiger partial charge in [-0.25, -0.2) is 14.8 Å². The molecule has 1 aromatic carbocycles. The quantitative estimate of drug-likeness (QED) is 0.734. The molecule has 4 atom stereocenters. The lowest BCUT2D eigenvalue weighted by Gasteiger charge is -2.50. The van der Waals surface area contributed by atoms with Crippen LogP contribution in [0.15, 0.2) is 30.3 Å². The maximum Gasteiger partial charge on any atom is 0.317 e. The number of morpholine rings is 1. The summed E-state index contributed by atoms with van der Waals surface area (Å²) in [7, 11) is 4.10. The van der Waals surface area contributed by atoms with Crippen molar-refractivity contribution in [2.75, 3.05) is 64.9 Å². The topological polar surface area (TPSA) is 73.8 Å². The van der Waals surface area contributed by atoms with Crippen molar-refractivity contribution < 1.29 is 9.53 Å². The molecule has 4 aliphatic rings. The fourth-order valence-corrected chi connectivity index (χ4v) is 5.63. The van der Waals surface area contributed by atoms with Crippen molar-refractivity contribution in [3.8, 4) is 11.3 Å². The number of carbonyl (C=O) groups is 1. The van der Waals surface area contributed by atoms with E-state index in [1.807, 2.05) is 11.8 Å². The van der Waals surface area contributed by atoms with Crippen molar-refractivity contribution in [1.29, 1.82) is 0 Å². The molecule has 0 radical (unpaired) electrons. The van der Waals surface area contributed by atoms with E-state index in [9.17, 15) is 4.79 Å². The van der Waals surface area contributed by atoms with Gasteiger partial charge in [0.25, 0.3) is 0 Å². The molecule has 34 heavy (non-hydrogen) atoms. The van der Waals surface area contributed by atoms with Crippen LogP contribution in [-0.4, -0.2) is 91.9 Å². The van der Waals surface area contributed by atoms with Crippen LogP contribution in [0.4, 0.5) is 10.5 Å². The first-order chi connectivity index (χ1) is 16.5. The molecule has 8 nitrogen and oxygen atoms in total. The van der Waals surface area contributed by atoms with Gasteiger partial charge in [0, 0.05) is 69.2 Å². The summed E-state index contributed by atoms with van der Waals surface area (Å²) >= 11 is 0. The molecule has 6 rings (SSSR count). The average Bonchev–Trinajstić information content (AvgIpc) is 2.87. The summed E-state index contributed by atoms with van der Waals surface area (Å²) in [6.45, 7) is 7.43. The van der Waals surface area contributed by atoms with Crippen molar-refractivity contribution in [3.05, 3.63) is 41.9 Å². The first kappa shape index (κ1) is 23.1. The molecule has 4 fully saturated rings. The van der Waals surface area contributed by atoms with E-state index in [-0.39, 0.29) is 6.03 Å². The third-order valence-electron chi connectivity index (χ3n) is 7.58. The first-order valence-corrected chi connectivity index (χ1v) is 12.5. The van der Waals surface area contributed by atoms with Gasteiger partial charge in [-0.2, -0.15) is 0 Å². The predicted octanol–water partition coefficient (Wildman–Crippen LogP) is 2.74. The Bertz CT molecular complexity index is 1000. The van der Waals surface area contributed by atoms with Gasteiger partial charge in [-0.1, -0.05) is 12.1 Å². The lowest BCUT2D eigenvalue weighted by atomic mass is 9.74. The Morgan fingerprint density at radius 1 is 1.15 bits per heavy atom. The monoisotopic (exact) mass is 464 g/mol. The zero-order valence-corrected chi connectivity index (χ0v) is 20.5. The third kappa shape index (κ3) is 4.88. The van der Waals surface area contributed by atoms with Gasteiger partial charge < -0.3 is 19.9 Å². The molecule has 4 saturated heterocycles. The molecule has 8 heteroatoms. The third-order valence-corrected chi connectivity index (χ3v) is 7.58. The van der Waals surface area contributed by atoms with Gasteiger partial charge >= 0.3 is 6.03 Å². The Kier molecular flexibility index (Phi) is 6.70. The number of hydrogen-bond acceptors (Lipinski definition) is 6.